The van der Waals surface area contributed by atoms with Crippen LogP contribution in [0.15, 0.2) is 23.9 Å². The number of amides is 2. The fourth-order valence-corrected chi connectivity index (χ4v) is 0.397. The standard InChI is InChI=1S/C8H12N2.2CH3NO.H2O4S/c1-8(7-9)5-4-6-10(2)3;2*2-1-3;1-5(2,3)4/h4-6H,1-3H3;2*1H,(H2,2,3);(H2,1,2,3,4). The number of hydrogen-bond donors (Lipinski definition) is 4. The van der Waals surface area contributed by atoms with Crippen molar-refractivity contribution in [2.75, 3.05) is 14.1 Å². The Kier molecular flexibility index (Phi) is 25.6. The lowest BCUT2D eigenvalue weighted by Crippen LogP contribution is -1.99. The summed E-state index contributed by atoms with van der Waals surface area (Å²) in [5.41, 5.74) is 9.05. The van der Waals surface area contributed by atoms with E-state index in [0.29, 0.717) is 0 Å². The Labute approximate surface area is 123 Å². The highest BCUT2D eigenvalue weighted by Gasteiger charge is 1.84. The van der Waals surface area contributed by atoms with Crippen molar-refractivity contribution in [3.05, 3.63) is 23.9 Å². The van der Waals surface area contributed by atoms with E-state index < -0.39 is 10.4 Å². The summed E-state index contributed by atoms with van der Waals surface area (Å²) >= 11 is 0. The minimum absolute atomic E-state index is 0.250. The van der Waals surface area contributed by atoms with Crippen molar-refractivity contribution < 1.29 is 27.1 Å². The van der Waals surface area contributed by atoms with Gasteiger partial charge in [-0.3, -0.25) is 18.7 Å². The van der Waals surface area contributed by atoms with Crippen LogP contribution in [0.2, 0.25) is 0 Å². The number of primary amides is 2. The molecule has 122 valence electrons. The van der Waals surface area contributed by atoms with Crippen LogP contribution in [-0.2, 0) is 20.0 Å². The van der Waals surface area contributed by atoms with Gasteiger partial charge in [-0.1, -0.05) is 0 Å². The topological polar surface area (TPSA) is 188 Å². The molecule has 0 atom stereocenters. The molecule has 0 aromatic rings. The Morgan fingerprint density at radius 2 is 1.48 bits per heavy atom. The molecule has 0 rings (SSSR count). The summed E-state index contributed by atoms with van der Waals surface area (Å²) in [4.78, 5) is 19.1. The van der Waals surface area contributed by atoms with E-state index in [9.17, 15) is 0 Å². The van der Waals surface area contributed by atoms with Gasteiger partial charge in [-0.2, -0.15) is 13.7 Å². The molecule has 2 amide bonds. The highest BCUT2D eigenvalue weighted by molar-refractivity contribution is 7.79. The number of nitriles is 1. The zero-order chi connectivity index (χ0) is 17.9. The molecular weight excluding hydrogens is 304 g/mol. The van der Waals surface area contributed by atoms with Crippen LogP contribution in [0.25, 0.3) is 0 Å². The number of carbonyl (C=O) groups is 2. The van der Waals surface area contributed by atoms with E-state index in [1.165, 1.54) is 0 Å². The molecule has 0 heterocycles. The normalized spacial score (nSPS) is 9.43. The second-order valence-corrected chi connectivity index (χ2v) is 3.88. The largest absolute Gasteiger partial charge is 0.394 e. The summed E-state index contributed by atoms with van der Waals surface area (Å²) in [5.74, 6) is 0. The van der Waals surface area contributed by atoms with Crippen LogP contribution in [0.5, 0.6) is 0 Å². The van der Waals surface area contributed by atoms with Crippen molar-refractivity contribution in [3.8, 4) is 6.07 Å². The van der Waals surface area contributed by atoms with Crippen LogP contribution in [0.3, 0.4) is 0 Å². The second kappa shape index (κ2) is 19.9. The van der Waals surface area contributed by atoms with E-state index in [1.54, 1.807) is 13.0 Å². The van der Waals surface area contributed by atoms with Gasteiger partial charge in [-0.05, 0) is 25.3 Å². The van der Waals surface area contributed by atoms with Gasteiger partial charge >= 0.3 is 10.4 Å². The van der Waals surface area contributed by atoms with Crippen LogP contribution in [0, 0.1) is 11.3 Å². The molecule has 0 aliphatic rings. The summed E-state index contributed by atoms with van der Waals surface area (Å²) in [7, 11) is -0.794. The van der Waals surface area contributed by atoms with Gasteiger partial charge in [0.05, 0.1) is 6.07 Å². The first-order valence-electron chi connectivity index (χ1n) is 4.92. The first kappa shape index (κ1) is 27.0. The third-order valence-electron chi connectivity index (χ3n) is 0.907. The lowest BCUT2D eigenvalue weighted by Gasteiger charge is -2.00. The van der Waals surface area contributed by atoms with Gasteiger partial charge in [0.25, 0.3) is 0 Å². The maximum absolute atomic E-state index is 8.74. The molecule has 0 saturated carbocycles. The fraction of sp³-hybridized carbons (Fsp3) is 0.300. The highest BCUT2D eigenvalue weighted by atomic mass is 32.3. The molecule has 0 spiro atoms. The van der Waals surface area contributed by atoms with Crippen LogP contribution in [-0.4, -0.2) is 49.3 Å². The van der Waals surface area contributed by atoms with Gasteiger partial charge in [0, 0.05) is 19.7 Å². The molecule has 0 unspecified atom stereocenters. The van der Waals surface area contributed by atoms with Crippen molar-refractivity contribution in [1.82, 2.24) is 4.90 Å². The molecule has 0 aromatic heterocycles. The zero-order valence-corrected chi connectivity index (χ0v) is 12.7. The molecule has 0 saturated heterocycles. The number of allylic oxidation sites excluding steroid dienone is 3. The lowest BCUT2D eigenvalue weighted by molar-refractivity contribution is -0.107. The summed E-state index contributed by atoms with van der Waals surface area (Å²) < 4.78 is 31.6. The number of carbonyl (C=O) groups excluding carboxylic acids is 2. The smallest absolute Gasteiger partial charge is 0.383 e. The Morgan fingerprint density at radius 3 is 1.67 bits per heavy atom. The second-order valence-electron chi connectivity index (χ2n) is 2.99. The first-order valence-corrected chi connectivity index (χ1v) is 6.32. The van der Waals surface area contributed by atoms with Gasteiger partial charge in [0.2, 0.25) is 12.8 Å². The zero-order valence-electron chi connectivity index (χ0n) is 11.9. The van der Waals surface area contributed by atoms with Crippen molar-refractivity contribution in [1.29, 1.82) is 5.26 Å². The van der Waals surface area contributed by atoms with E-state index >= 15 is 0 Å². The van der Waals surface area contributed by atoms with Gasteiger partial charge < -0.3 is 16.4 Å². The first-order chi connectivity index (χ1) is 9.49. The number of nitrogens with two attached hydrogens (primary N) is 2. The minimum atomic E-state index is -4.67. The van der Waals surface area contributed by atoms with E-state index in [0.717, 1.165) is 5.57 Å². The third kappa shape index (κ3) is 137. The fourth-order valence-electron chi connectivity index (χ4n) is 0.397. The average Bonchev–Trinajstić information content (AvgIpc) is 2.28. The lowest BCUT2D eigenvalue weighted by atomic mass is 10.3. The molecule has 0 bridgehead atoms. The van der Waals surface area contributed by atoms with Crippen LogP contribution < -0.4 is 11.5 Å². The average molecular weight is 324 g/mol. The molecule has 10 nitrogen and oxygen atoms in total. The number of hydrogen-bond acceptors (Lipinski definition) is 6. The minimum Gasteiger partial charge on any atom is -0.383 e. The van der Waals surface area contributed by atoms with E-state index in [-0.39, 0.29) is 12.8 Å². The Hall–Kier alpha value is -2.42. The molecule has 0 fully saturated rings. The van der Waals surface area contributed by atoms with Crippen molar-refractivity contribution in [2.45, 2.75) is 6.92 Å². The van der Waals surface area contributed by atoms with Gasteiger partial charge in [-0.15, -0.1) is 0 Å². The Balaban J connectivity index is -0.000000110. The molecule has 21 heavy (non-hydrogen) atoms. The summed E-state index contributed by atoms with van der Waals surface area (Å²) in [6, 6.07) is 2.03. The Morgan fingerprint density at radius 1 is 1.19 bits per heavy atom. The maximum atomic E-state index is 8.74. The highest BCUT2D eigenvalue weighted by Crippen LogP contribution is 1.89. The molecule has 11 heteroatoms. The predicted octanol–water partition coefficient (Wildman–Crippen LogP) is -0.918. The third-order valence-corrected chi connectivity index (χ3v) is 0.907. The monoisotopic (exact) mass is 324 g/mol. The summed E-state index contributed by atoms with van der Waals surface area (Å²) in [6.07, 6.45) is 6.01. The van der Waals surface area contributed by atoms with Crippen molar-refractivity contribution >= 4 is 23.2 Å². The quantitative estimate of drug-likeness (QED) is 0.217. The van der Waals surface area contributed by atoms with Gasteiger partial charge in [-0.25, -0.2) is 0 Å². The van der Waals surface area contributed by atoms with Crippen LogP contribution in [0.1, 0.15) is 6.92 Å². The van der Waals surface area contributed by atoms with Crippen LogP contribution >= 0.6 is 0 Å². The molecule has 0 aliphatic heterocycles. The van der Waals surface area contributed by atoms with E-state index in [1.807, 2.05) is 37.3 Å². The van der Waals surface area contributed by atoms with Crippen molar-refractivity contribution in [3.63, 3.8) is 0 Å². The predicted molar refractivity (Wildman–Crippen MR) is 76.9 cm³/mol. The molecule has 0 aliphatic carbocycles. The summed E-state index contributed by atoms with van der Waals surface area (Å²) in [6.45, 7) is 1.78. The molecular formula is C10H20N4O6S. The van der Waals surface area contributed by atoms with E-state index in [4.69, 9.17) is 32.4 Å². The summed E-state index contributed by atoms with van der Waals surface area (Å²) in [5, 5.41) is 8.33. The van der Waals surface area contributed by atoms with Gasteiger partial charge in [0.15, 0.2) is 0 Å². The van der Waals surface area contributed by atoms with Crippen molar-refractivity contribution in [2.24, 2.45) is 11.5 Å². The van der Waals surface area contributed by atoms with E-state index in [2.05, 4.69) is 11.5 Å². The van der Waals surface area contributed by atoms with Crippen LogP contribution in [0.4, 0.5) is 0 Å². The Bertz CT molecular complexity index is 437. The van der Waals surface area contributed by atoms with Gasteiger partial charge in [0.1, 0.15) is 0 Å². The molecule has 0 radical (unpaired) electrons. The number of nitrogens with zero attached hydrogens (tertiary/aromatic N) is 2. The molecule has 0 aromatic carbocycles. The maximum Gasteiger partial charge on any atom is 0.394 e. The number of rotatable bonds is 2. The molecule has 6 N–H and O–H groups in total. The SMILES string of the molecule is CC(C#N)=CC=CN(C)C.NC=O.NC=O.O=S(=O)(O)O.